The molecule has 0 aliphatic rings. The van der Waals surface area contributed by atoms with Gasteiger partial charge in [0.25, 0.3) is 0 Å². The number of nitrogens with one attached hydrogen (secondary N) is 1. The first kappa shape index (κ1) is 29.8. The Labute approximate surface area is 205 Å². The summed E-state index contributed by atoms with van der Waals surface area (Å²) in [6.07, 6.45) is -1.08. The Morgan fingerprint density at radius 2 is 1.66 bits per heavy atom. The maximum absolute atomic E-state index is 14.6. The van der Waals surface area contributed by atoms with E-state index in [4.69, 9.17) is 15.2 Å². The Bertz CT molecular complexity index is 923. The van der Waals surface area contributed by atoms with Gasteiger partial charge in [0.1, 0.15) is 17.0 Å². The van der Waals surface area contributed by atoms with Crippen LogP contribution in [-0.4, -0.2) is 66.3 Å². The number of nitrogens with zero attached hydrogens (tertiary/aromatic N) is 1. The molecule has 196 valence electrons. The summed E-state index contributed by atoms with van der Waals surface area (Å²) in [5.74, 6) is -2.65. The van der Waals surface area contributed by atoms with Crippen molar-refractivity contribution in [3.05, 3.63) is 35.1 Å². The predicted octanol–water partition coefficient (Wildman–Crippen LogP) is 2.52. The number of methoxy groups -OCH3 is 1. The lowest BCUT2D eigenvalue weighted by Gasteiger charge is -2.27. The smallest absolute Gasteiger partial charge is 0.407 e. The quantitative estimate of drug-likeness (QED) is 0.392. The predicted molar refractivity (Wildman–Crippen MR) is 126 cm³/mol. The van der Waals surface area contributed by atoms with E-state index in [2.05, 4.69) is 10.1 Å². The van der Waals surface area contributed by atoms with Gasteiger partial charge in [0.2, 0.25) is 5.91 Å². The SMILES string of the molecule is COC(=O)C[C@H](N)C(=O)N(CCNC(=O)OC(C)(C)C)Cc1cc(C(=O)OC(C)(C)C)ccc1F. The molecular formula is C24H36FN3O7. The number of carbonyl (C=O) groups is 4. The van der Waals surface area contributed by atoms with Gasteiger partial charge < -0.3 is 30.2 Å². The standard InChI is InChI=1S/C24H36FN3O7/c1-23(2,3)34-21(31)15-8-9-17(25)16(12-15)14-28(20(30)18(26)13-19(29)33-7)11-10-27-22(32)35-24(4,5)6/h8-9,12,18H,10-11,13-14,26H2,1-7H3,(H,27,32)/t18-/m0/s1. The topological polar surface area (TPSA) is 137 Å². The van der Waals surface area contributed by atoms with Crippen LogP contribution in [0.25, 0.3) is 0 Å². The molecule has 0 unspecified atom stereocenters. The van der Waals surface area contributed by atoms with Gasteiger partial charge in [0, 0.05) is 25.2 Å². The van der Waals surface area contributed by atoms with E-state index in [1.54, 1.807) is 41.5 Å². The molecule has 0 bridgehead atoms. The number of benzene rings is 1. The van der Waals surface area contributed by atoms with Crippen molar-refractivity contribution in [3.8, 4) is 0 Å². The zero-order chi connectivity index (χ0) is 27.0. The van der Waals surface area contributed by atoms with Crippen molar-refractivity contribution in [2.45, 2.75) is 71.8 Å². The van der Waals surface area contributed by atoms with E-state index in [-0.39, 0.29) is 37.2 Å². The summed E-state index contributed by atoms with van der Waals surface area (Å²) >= 11 is 0. The summed E-state index contributed by atoms with van der Waals surface area (Å²) in [7, 11) is 1.17. The molecule has 0 saturated heterocycles. The molecule has 11 heteroatoms. The molecule has 1 atom stereocenters. The van der Waals surface area contributed by atoms with E-state index in [0.717, 1.165) is 6.07 Å². The number of halogens is 1. The summed E-state index contributed by atoms with van der Waals surface area (Å²) < 4.78 is 29.7. The van der Waals surface area contributed by atoms with E-state index in [0.29, 0.717) is 0 Å². The summed E-state index contributed by atoms with van der Waals surface area (Å²) in [5, 5.41) is 2.52. The molecule has 0 spiro atoms. The first-order valence-corrected chi connectivity index (χ1v) is 11.1. The highest BCUT2D eigenvalue weighted by atomic mass is 19.1. The van der Waals surface area contributed by atoms with Gasteiger partial charge >= 0.3 is 18.0 Å². The molecule has 0 aliphatic carbocycles. The minimum absolute atomic E-state index is 0.0288. The van der Waals surface area contributed by atoms with Crippen LogP contribution in [0.1, 0.15) is 63.9 Å². The summed E-state index contributed by atoms with van der Waals surface area (Å²) in [6, 6.07) is 2.43. The highest BCUT2D eigenvalue weighted by Gasteiger charge is 2.26. The molecule has 0 radical (unpaired) electrons. The van der Waals surface area contributed by atoms with Crippen molar-refractivity contribution in [1.29, 1.82) is 0 Å². The van der Waals surface area contributed by atoms with Crippen LogP contribution in [0.2, 0.25) is 0 Å². The molecular weight excluding hydrogens is 461 g/mol. The first-order valence-electron chi connectivity index (χ1n) is 11.1. The van der Waals surface area contributed by atoms with Crippen LogP contribution in [0.15, 0.2) is 18.2 Å². The number of alkyl carbamates (subject to hydrolysis) is 1. The van der Waals surface area contributed by atoms with Gasteiger partial charge in [-0.15, -0.1) is 0 Å². The monoisotopic (exact) mass is 497 g/mol. The molecule has 10 nitrogen and oxygen atoms in total. The highest BCUT2D eigenvalue weighted by molar-refractivity contribution is 5.90. The summed E-state index contributed by atoms with van der Waals surface area (Å²) in [5.41, 5.74) is 4.55. The summed E-state index contributed by atoms with van der Waals surface area (Å²) in [6.45, 7) is 9.86. The van der Waals surface area contributed by atoms with Crippen LogP contribution >= 0.6 is 0 Å². The fourth-order valence-electron chi connectivity index (χ4n) is 2.82. The zero-order valence-electron chi connectivity index (χ0n) is 21.4. The first-order chi connectivity index (χ1) is 16.0. The van der Waals surface area contributed by atoms with Crippen molar-refractivity contribution in [3.63, 3.8) is 0 Å². The van der Waals surface area contributed by atoms with Crippen LogP contribution in [0, 0.1) is 5.82 Å². The van der Waals surface area contributed by atoms with Crippen LogP contribution in [0.5, 0.6) is 0 Å². The molecule has 0 heterocycles. The fraction of sp³-hybridized carbons (Fsp3) is 0.583. The average molecular weight is 498 g/mol. The minimum Gasteiger partial charge on any atom is -0.469 e. The number of ether oxygens (including phenoxy) is 3. The Morgan fingerprint density at radius 3 is 2.20 bits per heavy atom. The third-order valence-corrected chi connectivity index (χ3v) is 4.33. The van der Waals surface area contributed by atoms with Crippen LogP contribution in [0.4, 0.5) is 9.18 Å². The minimum atomic E-state index is -1.25. The zero-order valence-corrected chi connectivity index (χ0v) is 21.4. The second-order valence-electron chi connectivity index (χ2n) is 9.88. The van der Waals surface area contributed by atoms with Gasteiger partial charge in [0.15, 0.2) is 0 Å². The molecule has 1 aromatic rings. The maximum Gasteiger partial charge on any atom is 0.407 e. The lowest BCUT2D eigenvalue weighted by atomic mass is 10.1. The second kappa shape index (κ2) is 12.5. The maximum atomic E-state index is 14.6. The fourth-order valence-corrected chi connectivity index (χ4v) is 2.82. The molecule has 1 aromatic carbocycles. The Kier molecular flexibility index (Phi) is 10.6. The Hall–Kier alpha value is -3.21. The van der Waals surface area contributed by atoms with Gasteiger partial charge in [-0.05, 0) is 59.7 Å². The van der Waals surface area contributed by atoms with E-state index >= 15 is 0 Å². The molecule has 1 rings (SSSR count). The molecule has 0 saturated carbocycles. The average Bonchev–Trinajstić information content (AvgIpc) is 2.71. The van der Waals surface area contributed by atoms with Crippen molar-refractivity contribution in [2.24, 2.45) is 5.73 Å². The van der Waals surface area contributed by atoms with Crippen molar-refractivity contribution >= 4 is 23.9 Å². The number of rotatable bonds is 9. The molecule has 3 N–H and O–H groups in total. The molecule has 0 aromatic heterocycles. The van der Waals surface area contributed by atoms with Crippen LogP contribution < -0.4 is 11.1 Å². The largest absolute Gasteiger partial charge is 0.469 e. The van der Waals surface area contributed by atoms with Crippen molar-refractivity contribution in [2.75, 3.05) is 20.2 Å². The van der Waals surface area contributed by atoms with Crippen LogP contribution in [0.3, 0.4) is 0 Å². The van der Waals surface area contributed by atoms with E-state index in [1.807, 2.05) is 0 Å². The van der Waals surface area contributed by atoms with Gasteiger partial charge in [-0.25, -0.2) is 14.0 Å². The number of hydrogen-bond acceptors (Lipinski definition) is 8. The molecule has 0 fully saturated rings. The van der Waals surface area contributed by atoms with E-state index < -0.39 is 47.0 Å². The molecule has 35 heavy (non-hydrogen) atoms. The highest BCUT2D eigenvalue weighted by Crippen LogP contribution is 2.18. The number of carbonyl (C=O) groups excluding carboxylic acids is 4. The molecule has 2 amide bonds. The third kappa shape index (κ3) is 11.2. The lowest BCUT2D eigenvalue weighted by Crippen LogP contribution is -2.47. The van der Waals surface area contributed by atoms with Gasteiger partial charge in [0.05, 0.1) is 25.1 Å². The second-order valence-corrected chi connectivity index (χ2v) is 9.88. The third-order valence-electron chi connectivity index (χ3n) is 4.33. The van der Waals surface area contributed by atoms with Gasteiger partial charge in [-0.1, -0.05) is 0 Å². The summed E-state index contributed by atoms with van der Waals surface area (Å²) in [4.78, 5) is 50.1. The Morgan fingerprint density at radius 1 is 1.06 bits per heavy atom. The van der Waals surface area contributed by atoms with Gasteiger partial charge in [-0.3, -0.25) is 9.59 Å². The molecule has 0 aliphatic heterocycles. The number of nitrogens with two attached hydrogens (primary N) is 1. The number of esters is 2. The van der Waals surface area contributed by atoms with Crippen molar-refractivity contribution in [1.82, 2.24) is 10.2 Å². The normalized spacial score (nSPS) is 12.4. The van der Waals surface area contributed by atoms with Crippen LogP contribution in [-0.2, 0) is 30.3 Å². The number of hydrogen-bond donors (Lipinski definition) is 2. The lowest BCUT2D eigenvalue weighted by molar-refractivity contribution is -0.144. The van der Waals surface area contributed by atoms with E-state index in [9.17, 15) is 23.6 Å². The number of amides is 2. The van der Waals surface area contributed by atoms with Gasteiger partial charge in [-0.2, -0.15) is 0 Å². The van der Waals surface area contributed by atoms with Crippen molar-refractivity contribution < 1.29 is 37.8 Å². The van der Waals surface area contributed by atoms with E-state index in [1.165, 1.54) is 24.1 Å². The Balaban J connectivity index is 3.09.